The van der Waals surface area contributed by atoms with Crippen LogP contribution in [0.15, 0.2) is 29.2 Å². The van der Waals surface area contributed by atoms with Gasteiger partial charge in [0.25, 0.3) is 0 Å². The molecule has 1 aromatic rings. The fourth-order valence-corrected chi connectivity index (χ4v) is 4.35. The fourth-order valence-electron chi connectivity index (χ4n) is 3.78. The summed E-state index contributed by atoms with van der Waals surface area (Å²) in [5.41, 5.74) is 0.684. The van der Waals surface area contributed by atoms with E-state index in [0.717, 1.165) is 36.9 Å². The Morgan fingerprint density at radius 1 is 1.17 bits per heavy atom. The van der Waals surface area contributed by atoms with Crippen molar-refractivity contribution in [3.05, 3.63) is 24.3 Å². The van der Waals surface area contributed by atoms with E-state index in [1.807, 2.05) is 12.1 Å². The van der Waals surface area contributed by atoms with Crippen LogP contribution in [-0.2, 0) is 10.8 Å². The second-order valence-electron chi connectivity index (χ2n) is 6.83. The number of piperidine rings is 1. The normalized spacial score (nSPS) is 21.5. The number of urea groups is 1. The Hall–Kier alpha value is -1.40. The predicted molar refractivity (Wildman–Crippen MR) is 97.8 cm³/mol. The zero-order valence-electron chi connectivity index (χ0n) is 14.3. The van der Waals surface area contributed by atoms with Crippen molar-refractivity contribution in [1.82, 2.24) is 10.2 Å². The van der Waals surface area contributed by atoms with Crippen LogP contribution in [0.3, 0.4) is 0 Å². The number of likely N-dealkylation sites (tertiary alicyclic amines) is 1. The average Bonchev–Trinajstić information content (AvgIpc) is 3.10. The molecular weight excluding hydrogens is 322 g/mol. The molecule has 1 saturated heterocycles. The lowest BCUT2D eigenvalue weighted by Crippen LogP contribution is -2.48. The summed E-state index contributed by atoms with van der Waals surface area (Å²) in [5.74, 6) is 0. The van der Waals surface area contributed by atoms with Crippen molar-refractivity contribution in [2.45, 2.75) is 55.5 Å². The molecule has 0 aromatic heterocycles. The fraction of sp³-hybridized carbons (Fsp3) is 0.611. The van der Waals surface area contributed by atoms with Gasteiger partial charge in [-0.05, 0) is 43.9 Å². The van der Waals surface area contributed by atoms with Gasteiger partial charge in [-0.3, -0.25) is 4.21 Å². The number of hydrogen-bond acceptors (Lipinski definition) is 3. The molecule has 1 atom stereocenters. The molecule has 0 radical (unpaired) electrons. The highest BCUT2D eigenvalue weighted by atomic mass is 32.2. The van der Waals surface area contributed by atoms with Crippen LogP contribution < -0.4 is 10.6 Å². The molecule has 132 valence electrons. The largest absolute Gasteiger partial charge is 0.335 e. The second kappa shape index (κ2) is 8.12. The van der Waals surface area contributed by atoms with Gasteiger partial charge in [0.1, 0.15) is 0 Å². The van der Waals surface area contributed by atoms with Gasteiger partial charge in [0.05, 0.1) is 0 Å². The van der Waals surface area contributed by atoms with Crippen molar-refractivity contribution in [1.29, 1.82) is 0 Å². The first-order valence-electron chi connectivity index (χ1n) is 8.87. The van der Waals surface area contributed by atoms with E-state index in [-0.39, 0.29) is 12.1 Å². The van der Waals surface area contributed by atoms with E-state index >= 15 is 0 Å². The zero-order valence-corrected chi connectivity index (χ0v) is 15.1. The van der Waals surface area contributed by atoms with Crippen molar-refractivity contribution < 1.29 is 9.00 Å². The number of carbonyl (C=O) groups is 1. The molecule has 1 aliphatic carbocycles. The summed E-state index contributed by atoms with van der Waals surface area (Å²) in [7, 11) is -1.04. The Labute approximate surface area is 146 Å². The molecule has 0 spiro atoms. The van der Waals surface area contributed by atoms with Crippen molar-refractivity contribution in [3.63, 3.8) is 0 Å². The Kier molecular flexibility index (Phi) is 5.89. The molecule has 2 amide bonds. The summed E-state index contributed by atoms with van der Waals surface area (Å²) in [6, 6.07) is 8.04. The number of nitrogens with zero attached hydrogens (tertiary/aromatic N) is 1. The molecule has 24 heavy (non-hydrogen) atoms. The van der Waals surface area contributed by atoms with Crippen molar-refractivity contribution >= 4 is 22.5 Å². The van der Waals surface area contributed by atoms with Crippen molar-refractivity contribution in [2.24, 2.45) is 0 Å². The van der Waals surface area contributed by atoms with Gasteiger partial charge in [-0.25, -0.2) is 4.79 Å². The third kappa shape index (κ3) is 4.57. The van der Waals surface area contributed by atoms with Crippen LogP contribution in [0.1, 0.15) is 38.5 Å². The number of amides is 2. The van der Waals surface area contributed by atoms with Crippen LogP contribution >= 0.6 is 0 Å². The van der Waals surface area contributed by atoms with E-state index in [2.05, 4.69) is 15.5 Å². The predicted octanol–water partition coefficient (Wildman–Crippen LogP) is 2.95. The van der Waals surface area contributed by atoms with E-state index in [0.29, 0.717) is 5.69 Å². The Bertz CT molecular complexity index is 594. The number of nitrogens with one attached hydrogen (secondary N) is 2. The molecule has 1 heterocycles. The second-order valence-corrected chi connectivity index (χ2v) is 8.21. The monoisotopic (exact) mass is 349 g/mol. The maximum absolute atomic E-state index is 12.2. The highest BCUT2D eigenvalue weighted by molar-refractivity contribution is 7.84. The van der Waals surface area contributed by atoms with E-state index in [1.54, 1.807) is 18.4 Å². The Balaban J connectivity index is 1.45. The van der Waals surface area contributed by atoms with E-state index in [1.165, 1.54) is 25.7 Å². The SMILES string of the molecule is C[S@@](=O)c1cccc(NC(=O)NC2CCN(C3CCCC3)CC2)c1. The number of anilines is 1. The molecule has 3 rings (SSSR count). The minimum atomic E-state index is -1.04. The summed E-state index contributed by atoms with van der Waals surface area (Å²) in [6.07, 6.45) is 9.09. The molecule has 1 aromatic carbocycles. The highest BCUT2D eigenvalue weighted by Gasteiger charge is 2.27. The smallest absolute Gasteiger partial charge is 0.319 e. The third-order valence-corrected chi connectivity index (χ3v) is 6.05. The summed E-state index contributed by atoms with van der Waals surface area (Å²) in [4.78, 5) is 15.5. The first-order chi connectivity index (χ1) is 11.6. The van der Waals surface area contributed by atoms with Crippen LogP contribution in [0.2, 0.25) is 0 Å². The lowest BCUT2D eigenvalue weighted by atomic mass is 10.0. The zero-order chi connectivity index (χ0) is 16.9. The number of hydrogen-bond donors (Lipinski definition) is 2. The van der Waals surface area contributed by atoms with Gasteiger partial charge in [0.15, 0.2) is 0 Å². The molecule has 5 nitrogen and oxygen atoms in total. The molecule has 0 unspecified atom stereocenters. The van der Waals surface area contributed by atoms with Gasteiger partial charge in [-0.1, -0.05) is 18.9 Å². The number of benzene rings is 1. The van der Waals surface area contributed by atoms with Crippen molar-refractivity contribution in [3.8, 4) is 0 Å². The van der Waals surface area contributed by atoms with Gasteiger partial charge >= 0.3 is 6.03 Å². The summed E-state index contributed by atoms with van der Waals surface area (Å²) >= 11 is 0. The van der Waals surface area contributed by atoms with Gasteiger partial charge in [-0.2, -0.15) is 0 Å². The molecular formula is C18H27N3O2S. The van der Waals surface area contributed by atoms with Gasteiger partial charge in [0, 0.05) is 52.8 Å². The van der Waals surface area contributed by atoms with Gasteiger partial charge in [-0.15, -0.1) is 0 Å². The van der Waals surface area contributed by atoms with E-state index < -0.39 is 10.8 Å². The van der Waals surface area contributed by atoms with Crippen LogP contribution in [0.4, 0.5) is 10.5 Å². The summed E-state index contributed by atoms with van der Waals surface area (Å²) < 4.78 is 11.5. The maximum atomic E-state index is 12.2. The molecule has 2 N–H and O–H groups in total. The summed E-state index contributed by atoms with van der Waals surface area (Å²) in [6.45, 7) is 2.17. The molecule has 2 fully saturated rings. The minimum absolute atomic E-state index is 0.173. The Morgan fingerprint density at radius 2 is 1.88 bits per heavy atom. The third-order valence-electron chi connectivity index (χ3n) is 5.13. The van der Waals surface area contributed by atoms with Crippen molar-refractivity contribution in [2.75, 3.05) is 24.7 Å². The molecule has 1 saturated carbocycles. The molecule has 2 aliphatic rings. The van der Waals surface area contributed by atoms with Gasteiger partial charge in [0.2, 0.25) is 0 Å². The molecule has 0 bridgehead atoms. The lowest BCUT2D eigenvalue weighted by molar-refractivity contribution is 0.147. The molecule has 1 aliphatic heterocycles. The summed E-state index contributed by atoms with van der Waals surface area (Å²) in [5, 5.41) is 5.93. The minimum Gasteiger partial charge on any atom is -0.335 e. The van der Waals surface area contributed by atoms with Gasteiger partial charge < -0.3 is 15.5 Å². The standard InChI is InChI=1S/C18H27N3O2S/c1-24(23)17-8-4-5-15(13-17)20-18(22)19-14-9-11-21(12-10-14)16-6-2-3-7-16/h4-5,8,13-14,16H,2-3,6-7,9-12H2,1H3,(H2,19,20,22)/t24-/m1/s1. The van der Waals surface area contributed by atoms with Crippen LogP contribution in [-0.4, -0.2) is 46.6 Å². The Morgan fingerprint density at radius 3 is 2.54 bits per heavy atom. The topological polar surface area (TPSA) is 61.4 Å². The molecule has 6 heteroatoms. The van der Waals surface area contributed by atoms with Crippen LogP contribution in [0.25, 0.3) is 0 Å². The first kappa shape index (κ1) is 17.4. The maximum Gasteiger partial charge on any atom is 0.319 e. The van der Waals surface area contributed by atoms with E-state index in [4.69, 9.17) is 0 Å². The lowest BCUT2D eigenvalue weighted by Gasteiger charge is -2.36. The van der Waals surface area contributed by atoms with Crippen LogP contribution in [0, 0.1) is 0 Å². The van der Waals surface area contributed by atoms with Crippen LogP contribution in [0.5, 0.6) is 0 Å². The highest BCUT2D eigenvalue weighted by Crippen LogP contribution is 2.26. The quantitative estimate of drug-likeness (QED) is 0.878. The number of rotatable bonds is 4. The first-order valence-corrected chi connectivity index (χ1v) is 10.4. The number of carbonyl (C=O) groups excluding carboxylic acids is 1. The average molecular weight is 350 g/mol. The van der Waals surface area contributed by atoms with E-state index in [9.17, 15) is 9.00 Å².